The van der Waals surface area contributed by atoms with E-state index in [2.05, 4.69) is 28.4 Å². The predicted octanol–water partition coefficient (Wildman–Crippen LogP) is 1.53. The molecule has 0 saturated carbocycles. The summed E-state index contributed by atoms with van der Waals surface area (Å²) in [5.74, 6) is 2.64. The first-order valence-corrected chi connectivity index (χ1v) is 4.82. The average molecular weight is 191 g/mol. The molecule has 14 heavy (non-hydrogen) atoms. The van der Waals surface area contributed by atoms with Crippen LogP contribution < -0.4 is 5.32 Å². The molecular formula is C11H17N3. The summed E-state index contributed by atoms with van der Waals surface area (Å²) >= 11 is 0. The largest absolute Gasteiger partial charge is 0.309 e. The van der Waals surface area contributed by atoms with Crippen LogP contribution >= 0.6 is 0 Å². The smallest absolute Gasteiger partial charge is 0.0638 e. The van der Waals surface area contributed by atoms with Gasteiger partial charge in [0.1, 0.15) is 0 Å². The van der Waals surface area contributed by atoms with Crippen LogP contribution in [0, 0.1) is 26.2 Å². The highest BCUT2D eigenvalue weighted by molar-refractivity contribution is 5.22. The normalized spacial score (nSPS) is 12.4. The van der Waals surface area contributed by atoms with Crippen LogP contribution in [0.2, 0.25) is 0 Å². The van der Waals surface area contributed by atoms with Gasteiger partial charge < -0.3 is 5.32 Å². The number of H-pyrrole nitrogens is 1. The Morgan fingerprint density at radius 3 is 2.79 bits per heavy atom. The fraction of sp³-hybridized carbons (Fsp3) is 0.545. The molecule has 0 aromatic carbocycles. The zero-order valence-corrected chi connectivity index (χ0v) is 9.02. The van der Waals surface area contributed by atoms with Gasteiger partial charge in [-0.05, 0) is 20.8 Å². The van der Waals surface area contributed by atoms with E-state index in [0.717, 1.165) is 24.4 Å². The van der Waals surface area contributed by atoms with Gasteiger partial charge in [0, 0.05) is 30.3 Å². The highest BCUT2D eigenvalue weighted by Gasteiger charge is 2.06. The number of rotatable bonds is 4. The number of nitrogens with one attached hydrogen (secondary N) is 2. The van der Waals surface area contributed by atoms with Gasteiger partial charge in [0.15, 0.2) is 0 Å². The van der Waals surface area contributed by atoms with Crippen molar-refractivity contribution >= 4 is 0 Å². The topological polar surface area (TPSA) is 40.7 Å². The Hall–Kier alpha value is -1.27. The Morgan fingerprint density at radius 2 is 2.29 bits per heavy atom. The molecule has 0 spiro atoms. The summed E-state index contributed by atoms with van der Waals surface area (Å²) in [5, 5.41) is 10.5. The van der Waals surface area contributed by atoms with Crippen LogP contribution in [0.25, 0.3) is 0 Å². The number of hydrogen-bond donors (Lipinski definition) is 2. The van der Waals surface area contributed by atoms with E-state index in [1.54, 1.807) is 0 Å². The van der Waals surface area contributed by atoms with Crippen molar-refractivity contribution in [3.63, 3.8) is 0 Å². The molecule has 1 aromatic rings. The monoisotopic (exact) mass is 191 g/mol. The first kappa shape index (κ1) is 10.8. The number of hydrogen-bond acceptors (Lipinski definition) is 2. The lowest BCUT2D eigenvalue weighted by molar-refractivity contribution is 0.557. The second kappa shape index (κ2) is 4.83. The van der Waals surface area contributed by atoms with Crippen LogP contribution in [0.1, 0.15) is 30.3 Å². The first-order chi connectivity index (χ1) is 6.65. The summed E-state index contributed by atoms with van der Waals surface area (Å²) in [6, 6.07) is 0.355. The van der Waals surface area contributed by atoms with Gasteiger partial charge >= 0.3 is 0 Å². The van der Waals surface area contributed by atoms with Crippen LogP contribution in [0.5, 0.6) is 0 Å². The Bertz CT molecular complexity index is 313. The molecule has 1 atom stereocenters. The molecule has 0 radical (unpaired) electrons. The molecule has 0 aliphatic rings. The van der Waals surface area contributed by atoms with Crippen molar-refractivity contribution < 1.29 is 0 Å². The summed E-state index contributed by atoms with van der Waals surface area (Å²) < 4.78 is 0. The highest BCUT2D eigenvalue weighted by atomic mass is 15.1. The van der Waals surface area contributed by atoms with Crippen LogP contribution in [0.4, 0.5) is 0 Å². The van der Waals surface area contributed by atoms with E-state index in [-0.39, 0.29) is 0 Å². The zero-order chi connectivity index (χ0) is 10.6. The minimum absolute atomic E-state index is 0.355. The molecule has 0 aliphatic heterocycles. The van der Waals surface area contributed by atoms with Crippen LogP contribution in [-0.2, 0) is 6.54 Å². The van der Waals surface area contributed by atoms with Crippen molar-refractivity contribution in [2.45, 2.75) is 39.8 Å². The average Bonchev–Trinajstić information content (AvgIpc) is 2.44. The van der Waals surface area contributed by atoms with Gasteiger partial charge in [-0.3, -0.25) is 5.10 Å². The molecule has 3 heteroatoms. The number of aryl methyl sites for hydroxylation is 2. The third-order valence-electron chi connectivity index (χ3n) is 2.33. The Morgan fingerprint density at radius 1 is 1.57 bits per heavy atom. The van der Waals surface area contributed by atoms with Gasteiger partial charge in [-0.25, -0.2) is 0 Å². The molecular weight excluding hydrogens is 174 g/mol. The van der Waals surface area contributed by atoms with Gasteiger partial charge in [0.2, 0.25) is 0 Å². The fourth-order valence-corrected chi connectivity index (χ4v) is 1.36. The minimum atomic E-state index is 0.355. The SMILES string of the molecule is C#CCC(C)NCc1c(C)n[nH]c1C. The Labute approximate surface area is 85.3 Å². The second-order valence-electron chi connectivity index (χ2n) is 3.60. The summed E-state index contributed by atoms with van der Waals surface area (Å²) in [7, 11) is 0. The summed E-state index contributed by atoms with van der Waals surface area (Å²) in [4.78, 5) is 0. The fourth-order valence-electron chi connectivity index (χ4n) is 1.36. The Balaban J connectivity index is 2.50. The van der Waals surface area contributed by atoms with E-state index in [4.69, 9.17) is 6.42 Å². The van der Waals surface area contributed by atoms with Crippen molar-refractivity contribution in [3.8, 4) is 12.3 Å². The predicted molar refractivity (Wildman–Crippen MR) is 57.8 cm³/mol. The quantitative estimate of drug-likeness (QED) is 0.709. The molecule has 0 bridgehead atoms. The molecule has 0 amide bonds. The van der Waals surface area contributed by atoms with Crippen molar-refractivity contribution in [1.82, 2.24) is 15.5 Å². The van der Waals surface area contributed by atoms with E-state index >= 15 is 0 Å². The molecule has 1 heterocycles. The third kappa shape index (κ3) is 2.61. The van der Waals surface area contributed by atoms with Crippen LogP contribution in [0.15, 0.2) is 0 Å². The first-order valence-electron chi connectivity index (χ1n) is 4.82. The zero-order valence-electron chi connectivity index (χ0n) is 9.02. The molecule has 0 saturated heterocycles. The Kier molecular flexibility index (Phi) is 3.73. The molecule has 2 N–H and O–H groups in total. The maximum Gasteiger partial charge on any atom is 0.0638 e. The number of terminal acetylenes is 1. The molecule has 76 valence electrons. The lowest BCUT2D eigenvalue weighted by Gasteiger charge is -2.10. The summed E-state index contributed by atoms with van der Waals surface area (Å²) in [5.41, 5.74) is 3.43. The lowest BCUT2D eigenvalue weighted by Crippen LogP contribution is -2.25. The third-order valence-corrected chi connectivity index (χ3v) is 2.33. The van der Waals surface area contributed by atoms with Crippen LogP contribution in [0.3, 0.4) is 0 Å². The number of aromatic nitrogens is 2. The van der Waals surface area contributed by atoms with Gasteiger partial charge in [-0.2, -0.15) is 5.10 Å². The van der Waals surface area contributed by atoms with E-state index in [0.29, 0.717) is 6.04 Å². The van der Waals surface area contributed by atoms with Gasteiger partial charge in [0.25, 0.3) is 0 Å². The maximum absolute atomic E-state index is 5.23. The molecule has 0 fully saturated rings. The highest BCUT2D eigenvalue weighted by Crippen LogP contribution is 2.08. The molecule has 1 aromatic heterocycles. The molecule has 3 nitrogen and oxygen atoms in total. The number of aromatic amines is 1. The minimum Gasteiger partial charge on any atom is -0.309 e. The van der Waals surface area contributed by atoms with Crippen molar-refractivity contribution in [1.29, 1.82) is 0 Å². The second-order valence-corrected chi connectivity index (χ2v) is 3.60. The summed E-state index contributed by atoms with van der Waals surface area (Å²) in [6.07, 6.45) is 5.99. The standard InChI is InChI=1S/C11H17N3/c1-5-6-8(2)12-7-11-9(3)13-14-10(11)4/h1,8,12H,6-7H2,2-4H3,(H,13,14). The van der Waals surface area contributed by atoms with Gasteiger partial charge in [-0.15, -0.1) is 12.3 Å². The van der Waals surface area contributed by atoms with Gasteiger partial charge in [0.05, 0.1) is 5.69 Å². The van der Waals surface area contributed by atoms with E-state index < -0.39 is 0 Å². The number of nitrogens with zero attached hydrogens (tertiary/aromatic N) is 1. The van der Waals surface area contributed by atoms with Gasteiger partial charge in [-0.1, -0.05) is 0 Å². The van der Waals surface area contributed by atoms with E-state index in [1.807, 2.05) is 13.8 Å². The van der Waals surface area contributed by atoms with E-state index in [1.165, 1.54) is 5.56 Å². The lowest BCUT2D eigenvalue weighted by atomic mass is 10.1. The van der Waals surface area contributed by atoms with Crippen LogP contribution in [-0.4, -0.2) is 16.2 Å². The summed E-state index contributed by atoms with van der Waals surface area (Å²) in [6.45, 7) is 6.96. The van der Waals surface area contributed by atoms with E-state index in [9.17, 15) is 0 Å². The molecule has 1 unspecified atom stereocenters. The van der Waals surface area contributed by atoms with Crippen molar-refractivity contribution in [2.75, 3.05) is 0 Å². The molecule has 1 rings (SSSR count). The van der Waals surface area contributed by atoms with Crippen molar-refractivity contribution in [3.05, 3.63) is 17.0 Å². The maximum atomic E-state index is 5.23. The molecule has 0 aliphatic carbocycles. The van der Waals surface area contributed by atoms with Crippen molar-refractivity contribution in [2.24, 2.45) is 0 Å².